The summed E-state index contributed by atoms with van der Waals surface area (Å²) >= 11 is 0. The molecule has 1 aromatic heterocycles. The Morgan fingerprint density at radius 1 is 1.36 bits per heavy atom. The van der Waals surface area contributed by atoms with Gasteiger partial charge in [-0.15, -0.1) is 5.10 Å². The van der Waals surface area contributed by atoms with E-state index in [1.165, 1.54) is 10.7 Å². The molecule has 1 unspecified atom stereocenters. The lowest BCUT2D eigenvalue weighted by atomic mass is 10.0. The number of halogens is 1. The van der Waals surface area contributed by atoms with E-state index in [4.69, 9.17) is 5.73 Å². The fraction of sp³-hybridized carbons (Fsp3) is 0.500. The largest absolute Gasteiger partial charge is 0.332 e. The summed E-state index contributed by atoms with van der Waals surface area (Å²) in [6.45, 7) is 4.97. The quantitative estimate of drug-likeness (QED) is 0.923. The Bertz CT molecular complexity index is 758. The van der Waals surface area contributed by atoms with Crippen LogP contribution in [-0.4, -0.2) is 44.7 Å². The summed E-state index contributed by atoms with van der Waals surface area (Å²) in [7, 11) is 0. The highest BCUT2D eigenvalue weighted by Gasteiger charge is 2.30. The molecule has 0 radical (unpaired) electrons. The van der Waals surface area contributed by atoms with Gasteiger partial charge in [0.15, 0.2) is 0 Å². The number of carbonyl (C=O) groups is 1. The van der Waals surface area contributed by atoms with Crippen molar-refractivity contribution in [3.8, 4) is 5.69 Å². The monoisotopic (exact) mass is 345 g/mol. The van der Waals surface area contributed by atoms with Crippen LogP contribution in [0.15, 0.2) is 24.3 Å². The minimum Gasteiger partial charge on any atom is -0.332 e. The maximum Gasteiger partial charge on any atom is 0.293 e. The zero-order valence-electron chi connectivity index (χ0n) is 14.7. The van der Waals surface area contributed by atoms with Gasteiger partial charge in [-0.25, -0.2) is 14.1 Å². The van der Waals surface area contributed by atoms with Crippen LogP contribution < -0.4 is 5.73 Å². The first kappa shape index (κ1) is 17.5. The summed E-state index contributed by atoms with van der Waals surface area (Å²) in [4.78, 5) is 19.1. The Hall–Kier alpha value is -2.28. The standard InChI is InChI=1S/C18H24FN5O/c1-12(2)17-21-16(18(25)23-10-6-5-7-13(23)11-20)22-24(17)15-9-4-3-8-14(15)19/h3-4,8-9,12-13H,5-7,10-11,20H2,1-2H3. The van der Waals surface area contributed by atoms with Crippen LogP contribution in [0, 0.1) is 5.82 Å². The second kappa shape index (κ2) is 7.31. The summed E-state index contributed by atoms with van der Waals surface area (Å²) in [6.07, 6.45) is 2.92. The van der Waals surface area contributed by atoms with E-state index in [-0.39, 0.29) is 23.7 Å². The summed E-state index contributed by atoms with van der Waals surface area (Å²) in [5, 5.41) is 4.34. The van der Waals surface area contributed by atoms with Gasteiger partial charge in [0.1, 0.15) is 17.3 Å². The normalized spacial score (nSPS) is 18.0. The smallest absolute Gasteiger partial charge is 0.293 e. The first-order valence-electron chi connectivity index (χ1n) is 8.75. The lowest BCUT2D eigenvalue weighted by Gasteiger charge is -2.34. The number of likely N-dealkylation sites (tertiary alicyclic amines) is 1. The molecule has 1 aliphatic heterocycles. The molecule has 1 fully saturated rings. The third-order valence-electron chi connectivity index (χ3n) is 4.58. The highest BCUT2D eigenvalue weighted by atomic mass is 19.1. The third kappa shape index (κ3) is 3.42. The predicted octanol–water partition coefficient (Wildman–Crippen LogP) is 2.48. The molecule has 2 aromatic rings. The molecule has 0 bridgehead atoms. The fourth-order valence-electron chi connectivity index (χ4n) is 3.23. The molecule has 0 spiro atoms. The van der Waals surface area contributed by atoms with Gasteiger partial charge in [-0.05, 0) is 31.4 Å². The average Bonchev–Trinajstić information content (AvgIpc) is 3.07. The summed E-state index contributed by atoms with van der Waals surface area (Å²) in [5.41, 5.74) is 6.11. The summed E-state index contributed by atoms with van der Waals surface area (Å²) in [5.74, 6) is 0.0422. The number of amides is 1. The molecule has 1 atom stereocenters. The fourth-order valence-corrected chi connectivity index (χ4v) is 3.23. The average molecular weight is 345 g/mol. The number of hydrogen-bond acceptors (Lipinski definition) is 4. The number of nitrogens with two attached hydrogens (primary N) is 1. The minimum atomic E-state index is -0.397. The second-order valence-corrected chi connectivity index (χ2v) is 6.70. The molecule has 0 saturated carbocycles. The number of aromatic nitrogens is 3. The van der Waals surface area contributed by atoms with Crippen molar-refractivity contribution >= 4 is 5.91 Å². The van der Waals surface area contributed by atoms with Gasteiger partial charge in [0.2, 0.25) is 5.82 Å². The van der Waals surface area contributed by atoms with Gasteiger partial charge in [0, 0.05) is 25.0 Å². The molecular formula is C18H24FN5O. The van der Waals surface area contributed by atoms with Gasteiger partial charge in [0.25, 0.3) is 5.91 Å². The van der Waals surface area contributed by atoms with Gasteiger partial charge < -0.3 is 10.6 Å². The Balaban J connectivity index is 1.99. The number of rotatable bonds is 4. The highest BCUT2D eigenvalue weighted by molar-refractivity contribution is 5.90. The molecule has 2 N–H and O–H groups in total. The maximum absolute atomic E-state index is 14.2. The van der Waals surface area contributed by atoms with Crippen LogP contribution in [0.1, 0.15) is 55.5 Å². The number of para-hydroxylation sites is 1. The summed E-state index contributed by atoms with van der Waals surface area (Å²) in [6, 6.07) is 6.38. The van der Waals surface area contributed by atoms with Crippen LogP contribution in [0.3, 0.4) is 0 Å². The molecule has 6 nitrogen and oxygen atoms in total. The predicted molar refractivity (Wildman–Crippen MR) is 93.1 cm³/mol. The molecule has 0 aliphatic carbocycles. The van der Waals surface area contributed by atoms with E-state index in [0.717, 1.165) is 19.3 Å². The van der Waals surface area contributed by atoms with Crippen molar-refractivity contribution in [1.29, 1.82) is 0 Å². The number of benzene rings is 1. The van der Waals surface area contributed by atoms with Crippen molar-refractivity contribution in [2.24, 2.45) is 5.73 Å². The van der Waals surface area contributed by atoms with E-state index in [0.29, 0.717) is 24.6 Å². The highest BCUT2D eigenvalue weighted by Crippen LogP contribution is 2.22. The van der Waals surface area contributed by atoms with Crippen molar-refractivity contribution in [1.82, 2.24) is 19.7 Å². The van der Waals surface area contributed by atoms with Crippen molar-refractivity contribution < 1.29 is 9.18 Å². The van der Waals surface area contributed by atoms with Crippen LogP contribution >= 0.6 is 0 Å². The molecule has 3 rings (SSSR count). The van der Waals surface area contributed by atoms with Gasteiger partial charge in [-0.1, -0.05) is 26.0 Å². The second-order valence-electron chi connectivity index (χ2n) is 6.70. The molecule has 134 valence electrons. The molecule has 1 aromatic carbocycles. The Labute approximate surface area is 146 Å². The number of nitrogens with zero attached hydrogens (tertiary/aromatic N) is 4. The first-order valence-corrected chi connectivity index (χ1v) is 8.75. The lowest BCUT2D eigenvalue weighted by molar-refractivity contribution is 0.0610. The Morgan fingerprint density at radius 2 is 2.12 bits per heavy atom. The van der Waals surface area contributed by atoms with E-state index < -0.39 is 5.82 Å². The van der Waals surface area contributed by atoms with Crippen LogP contribution in [0.25, 0.3) is 5.69 Å². The maximum atomic E-state index is 14.2. The van der Waals surface area contributed by atoms with E-state index in [2.05, 4.69) is 10.1 Å². The molecule has 1 aliphatic rings. The first-order chi connectivity index (χ1) is 12.0. The minimum absolute atomic E-state index is 0.000294. The van der Waals surface area contributed by atoms with Gasteiger partial charge >= 0.3 is 0 Å². The molecule has 2 heterocycles. The van der Waals surface area contributed by atoms with Crippen LogP contribution in [0.2, 0.25) is 0 Å². The number of piperidine rings is 1. The third-order valence-corrected chi connectivity index (χ3v) is 4.58. The van der Waals surface area contributed by atoms with Crippen LogP contribution in [0.5, 0.6) is 0 Å². The molecule has 25 heavy (non-hydrogen) atoms. The van der Waals surface area contributed by atoms with E-state index in [1.54, 1.807) is 23.1 Å². The van der Waals surface area contributed by atoms with Crippen LogP contribution in [0.4, 0.5) is 4.39 Å². The number of hydrogen-bond donors (Lipinski definition) is 1. The van der Waals surface area contributed by atoms with E-state index >= 15 is 0 Å². The molecular weight excluding hydrogens is 321 g/mol. The zero-order chi connectivity index (χ0) is 18.0. The van der Waals surface area contributed by atoms with Crippen LogP contribution in [-0.2, 0) is 0 Å². The van der Waals surface area contributed by atoms with Crippen molar-refractivity contribution in [3.63, 3.8) is 0 Å². The topological polar surface area (TPSA) is 77.0 Å². The molecule has 7 heteroatoms. The van der Waals surface area contributed by atoms with Gasteiger partial charge in [-0.3, -0.25) is 4.79 Å². The van der Waals surface area contributed by atoms with E-state index in [1.807, 2.05) is 13.8 Å². The molecule has 1 saturated heterocycles. The molecule has 1 amide bonds. The van der Waals surface area contributed by atoms with Gasteiger partial charge in [-0.2, -0.15) is 0 Å². The Kier molecular flexibility index (Phi) is 5.13. The van der Waals surface area contributed by atoms with E-state index in [9.17, 15) is 9.18 Å². The number of carbonyl (C=O) groups excluding carboxylic acids is 1. The van der Waals surface area contributed by atoms with Gasteiger partial charge in [0.05, 0.1) is 0 Å². The Morgan fingerprint density at radius 3 is 2.80 bits per heavy atom. The van der Waals surface area contributed by atoms with Crippen molar-refractivity contribution in [3.05, 3.63) is 41.7 Å². The van der Waals surface area contributed by atoms with Crippen molar-refractivity contribution in [2.45, 2.75) is 45.1 Å². The zero-order valence-corrected chi connectivity index (χ0v) is 14.7. The van der Waals surface area contributed by atoms with Crippen molar-refractivity contribution in [2.75, 3.05) is 13.1 Å². The summed E-state index contributed by atoms with van der Waals surface area (Å²) < 4.78 is 15.6. The lowest BCUT2D eigenvalue weighted by Crippen LogP contribution is -2.47. The SMILES string of the molecule is CC(C)c1nc(C(=O)N2CCCCC2CN)nn1-c1ccccc1F.